The van der Waals surface area contributed by atoms with Crippen molar-refractivity contribution in [3.63, 3.8) is 0 Å². The van der Waals surface area contributed by atoms with E-state index in [1.165, 1.54) is 16.8 Å². The van der Waals surface area contributed by atoms with Gasteiger partial charge in [-0.3, -0.25) is 9.59 Å². The van der Waals surface area contributed by atoms with E-state index in [0.29, 0.717) is 38.5 Å². The number of nitrogens with zero attached hydrogens (tertiary/aromatic N) is 3. The first-order valence-corrected chi connectivity index (χ1v) is 6.17. The fourth-order valence-corrected chi connectivity index (χ4v) is 1.86. The molecule has 1 saturated heterocycles. The number of hydrogen-bond acceptors (Lipinski definition) is 4. The Labute approximate surface area is 105 Å². The molecule has 0 saturated carbocycles. The van der Waals surface area contributed by atoms with Crippen molar-refractivity contribution in [2.75, 3.05) is 26.3 Å². The van der Waals surface area contributed by atoms with Gasteiger partial charge in [0.15, 0.2) is 0 Å². The summed E-state index contributed by atoms with van der Waals surface area (Å²) in [6.07, 6.45) is 0.808. The first-order chi connectivity index (χ1) is 8.72. The molecule has 18 heavy (non-hydrogen) atoms. The van der Waals surface area contributed by atoms with E-state index in [4.69, 9.17) is 4.74 Å². The van der Waals surface area contributed by atoms with Crippen molar-refractivity contribution in [3.8, 4) is 0 Å². The zero-order valence-electron chi connectivity index (χ0n) is 10.5. The van der Waals surface area contributed by atoms with Gasteiger partial charge < -0.3 is 9.64 Å². The van der Waals surface area contributed by atoms with Crippen LogP contribution in [-0.2, 0) is 11.3 Å². The van der Waals surface area contributed by atoms with Gasteiger partial charge in [0.25, 0.3) is 11.5 Å². The predicted molar refractivity (Wildman–Crippen MR) is 65.5 cm³/mol. The van der Waals surface area contributed by atoms with Crippen molar-refractivity contribution < 1.29 is 9.53 Å². The minimum atomic E-state index is -0.171. The summed E-state index contributed by atoms with van der Waals surface area (Å²) >= 11 is 0. The normalized spacial score (nSPS) is 15.7. The summed E-state index contributed by atoms with van der Waals surface area (Å²) in [4.78, 5) is 25.4. The van der Waals surface area contributed by atoms with E-state index in [2.05, 4.69) is 5.10 Å². The highest BCUT2D eigenvalue weighted by Gasteiger charge is 2.20. The molecule has 2 heterocycles. The maximum absolute atomic E-state index is 12.2. The number of amides is 1. The van der Waals surface area contributed by atoms with Crippen LogP contribution in [0, 0.1) is 0 Å². The molecule has 0 unspecified atom stereocenters. The summed E-state index contributed by atoms with van der Waals surface area (Å²) in [5.74, 6) is -0.136. The predicted octanol–water partition coefficient (Wildman–Crippen LogP) is 0.126. The molecule has 1 aliphatic rings. The molecule has 1 aromatic heterocycles. The quantitative estimate of drug-likeness (QED) is 0.765. The van der Waals surface area contributed by atoms with E-state index in [9.17, 15) is 9.59 Å². The number of aryl methyl sites for hydroxylation is 1. The smallest absolute Gasteiger partial charge is 0.274 e. The first-order valence-electron chi connectivity index (χ1n) is 6.17. The monoisotopic (exact) mass is 251 g/mol. The lowest BCUT2D eigenvalue weighted by Crippen LogP contribution is -2.41. The average Bonchev–Trinajstić information content (AvgIpc) is 2.42. The van der Waals surface area contributed by atoms with Crippen LogP contribution in [0.1, 0.15) is 23.8 Å². The number of morpholine rings is 1. The first kappa shape index (κ1) is 12.8. The minimum absolute atomic E-state index is 0.136. The Bertz CT molecular complexity index is 478. The summed E-state index contributed by atoms with van der Waals surface area (Å²) in [6, 6.07) is 2.89. The van der Waals surface area contributed by atoms with Gasteiger partial charge in [0, 0.05) is 25.7 Å². The SMILES string of the molecule is CCCn1nc(C(=O)N2CCOCC2)ccc1=O. The Kier molecular flexibility index (Phi) is 4.09. The fourth-order valence-electron chi connectivity index (χ4n) is 1.86. The maximum Gasteiger partial charge on any atom is 0.274 e. The molecule has 6 nitrogen and oxygen atoms in total. The topological polar surface area (TPSA) is 64.4 Å². The largest absolute Gasteiger partial charge is 0.378 e. The van der Waals surface area contributed by atoms with Gasteiger partial charge in [-0.05, 0) is 12.5 Å². The summed E-state index contributed by atoms with van der Waals surface area (Å²) in [5.41, 5.74) is 0.153. The van der Waals surface area contributed by atoms with Crippen LogP contribution in [0.15, 0.2) is 16.9 Å². The van der Waals surface area contributed by atoms with Crippen LogP contribution in [0.4, 0.5) is 0 Å². The van der Waals surface area contributed by atoms with E-state index >= 15 is 0 Å². The molecule has 0 spiro atoms. The lowest BCUT2D eigenvalue weighted by molar-refractivity contribution is 0.0297. The van der Waals surface area contributed by atoms with Crippen LogP contribution < -0.4 is 5.56 Å². The standard InChI is InChI=1S/C12H17N3O3/c1-2-5-15-11(16)4-3-10(13-15)12(17)14-6-8-18-9-7-14/h3-4H,2,5-9H2,1H3. The van der Waals surface area contributed by atoms with Crippen LogP contribution in [0.25, 0.3) is 0 Å². The second-order valence-electron chi connectivity index (χ2n) is 4.18. The Balaban J connectivity index is 2.19. The molecule has 0 N–H and O–H groups in total. The third-order valence-corrected chi connectivity index (χ3v) is 2.82. The van der Waals surface area contributed by atoms with Crippen molar-refractivity contribution in [3.05, 3.63) is 28.2 Å². The highest BCUT2D eigenvalue weighted by Crippen LogP contribution is 2.03. The zero-order valence-corrected chi connectivity index (χ0v) is 10.5. The van der Waals surface area contributed by atoms with Gasteiger partial charge in [-0.1, -0.05) is 6.92 Å². The summed E-state index contributed by atoms with van der Waals surface area (Å²) in [5, 5.41) is 4.11. The molecule has 0 aromatic carbocycles. The lowest BCUT2D eigenvalue weighted by atomic mass is 10.3. The second kappa shape index (κ2) is 5.77. The van der Waals surface area contributed by atoms with Crippen LogP contribution >= 0.6 is 0 Å². The zero-order chi connectivity index (χ0) is 13.0. The van der Waals surface area contributed by atoms with Gasteiger partial charge in [-0.15, -0.1) is 0 Å². The number of aromatic nitrogens is 2. The Morgan fingerprint density at radius 1 is 1.39 bits per heavy atom. The second-order valence-corrected chi connectivity index (χ2v) is 4.18. The van der Waals surface area contributed by atoms with E-state index in [0.717, 1.165) is 6.42 Å². The van der Waals surface area contributed by atoms with Crippen molar-refractivity contribution in [1.82, 2.24) is 14.7 Å². The molecule has 98 valence electrons. The summed E-state index contributed by atoms with van der Waals surface area (Å²) in [6.45, 7) is 4.76. The van der Waals surface area contributed by atoms with Gasteiger partial charge in [-0.25, -0.2) is 4.68 Å². The molecule has 6 heteroatoms. The number of carbonyl (C=O) groups is 1. The van der Waals surface area contributed by atoms with Gasteiger partial charge >= 0.3 is 0 Å². The van der Waals surface area contributed by atoms with Crippen LogP contribution in [-0.4, -0.2) is 46.9 Å². The van der Waals surface area contributed by atoms with Crippen molar-refractivity contribution in [2.45, 2.75) is 19.9 Å². The molecule has 1 aromatic rings. The Morgan fingerprint density at radius 3 is 2.78 bits per heavy atom. The minimum Gasteiger partial charge on any atom is -0.378 e. The molecule has 1 amide bonds. The van der Waals surface area contributed by atoms with Gasteiger partial charge in [0.1, 0.15) is 5.69 Å². The molecule has 2 rings (SSSR count). The molecular formula is C12H17N3O3. The average molecular weight is 251 g/mol. The van der Waals surface area contributed by atoms with Crippen LogP contribution in [0.5, 0.6) is 0 Å². The highest BCUT2D eigenvalue weighted by atomic mass is 16.5. The van der Waals surface area contributed by atoms with Gasteiger partial charge in [-0.2, -0.15) is 5.10 Å². The number of rotatable bonds is 3. The molecule has 0 radical (unpaired) electrons. The summed E-state index contributed by atoms with van der Waals surface area (Å²) < 4.78 is 6.54. The number of ether oxygens (including phenoxy) is 1. The molecule has 1 fully saturated rings. The van der Waals surface area contributed by atoms with Gasteiger partial charge in [0.2, 0.25) is 0 Å². The number of carbonyl (C=O) groups excluding carboxylic acids is 1. The van der Waals surface area contributed by atoms with Crippen LogP contribution in [0.2, 0.25) is 0 Å². The molecule has 0 aliphatic carbocycles. The third-order valence-electron chi connectivity index (χ3n) is 2.82. The Morgan fingerprint density at radius 2 is 2.11 bits per heavy atom. The van der Waals surface area contributed by atoms with E-state index in [1.54, 1.807) is 4.90 Å². The van der Waals surface area contributed by atoms with Gasteiger partial charge in [0.05, 0.1) is 13.2 Å². The summed E-state index contributed by atoms with van der Waals surface area (Å²) in [7, 11) is 0. The van der Waals surface area contributed by atoms with E-state index in [-0.39, 0.29) is 11.5 Å². The van der Waals surface area contributed by atoms with Crippen LogP contribution in [0.3, 0.4) is 0 Å². The number of hydrogen-bond donors (Lipinski definition) is 0. The molecule has 1 aliphatic heterocycles. The lowest BCUT2D eigenvalue weighted by Gasteiger charge is -2.26. The molecule has 0 bridgehead atoms. The maximum atomic E-state index is 12.2. The highest BCUT2D eigenvalue weighted by molar-refractivity contribution is 5.92. The third kappa shape index (κ3) is 2.76. The van der Waals surface area contributed by atoms with E-state index < -0.39 is 0 Å². The van der Waals surface area contributed by atoms with Crippen molar-refractivity contribution in [1.29, 1.82) is 0 Å². The van der Waals surface area contributed by atoms with Crippen molar-refractivity contribution >= 4 is 5.91 Å². The van der Waals surface area contributed by atoms with E-state index in [1.807, 2.05) is 6.92 Å². The molecular weight excluding hydrogens is 234 g/mol. The fraction of sp³-hybridized carbons (Fsp3) is 0.583. The van der Waals surface area contributed by atoms with Crippen molar-refractivity contribution in [2.24, 2.45) is 0 Å². The Hall–Kier alpha value is -1.69. The molecule has 0 atom stereocenters.